The van der Waals surface area contributed by atoms with Gasteiger partial charge in [0, 0.05) is 6.61 Å². The van der Waals surface area contributed by atoms with E-state index >= 15 is 0 Å². The summed E-state index contributed by atoms with van der Waals surface area (Å²) < 4.78 is 21.4. The summed E-state index contributed by atoms with van der Waals surface area (Å²) in [4.78, 5) is 0. The van der Waals surface area contributed by atoms with Crippen LogP contribution in [0, 0.1) is 0 Å². The van der Waals surface area contributed by atoms with Crippen molar-refractivity contribution < 1.29 is 49.6 Å². The fraction of sp³-hybridized carbons (Fsp3) is 1.00. The van der Waals surface area contributed by atoms with E-state index in [0.717, 1.165) is 25.7 Å². The highest BCUT2D eigenvalue weighted by molar-refractivity contribution is 4.90. The Kier molecular flexibility index (Phi) is 9.29. The summed E-state index contributed by atoms with van der Waals surface area (Å²) in [5.74, 6) is 0. The van der Waals surface area contributed by atoms with Gasteiger partial charge < -0.3 is 49.6 Å². The van der Waals surface area contributed by atoms with Gasteiger partial charge >= 0.3 is 0 Å². The predicted octanol–water partition coefficient (Wildman–Crippen LogP) is -2.15. The summed E-state index contributed by atoms with van der Waals surface area (Å²) in [5, 5.41) is 59.1. The van der Waals surface area contributed by atoms with Crippen LogP contribution in [0.1, 0.15) is 32.6 Å². The van der Waals surface area contributed by atoms with E-state index in [9.17, 15) is 30.6 Å². The van der Waals surface area contributed by atoms with Gasteiger partial charge in [0.1, 0.15) is 42.7 Å². The van der Waals surface area contributed by atoms with Gasteiger partial charge in [-0.2, -0.15) is 0 Å². The summed E-state index contributed by atoms with van der Waals surface area (Å²) in [6.07, 6.45) is -7.94. The van der Waals surface area contributed by atoms with Crippen molar-refractivity contribution in [3.05, 3.63) is 0 Å². The molecular weight excluding hydrogens is 364 g/mol. The Hall–Kier alpha value is -0.400. The summed E-state index contributed by atoms with van der Waals surface area (Å²) in [7, 11) is 0. The van der Waals surface area contributed by atoms with Gasteiger partial charge in [-0.05, 0) is 6.42 Å². The van der Waals surface area contributed by atoms with Gasteiger partial charge in [0.05, 0.1) is 13.2 Å². The molecule has 0 bridgehead atoms. The molecule has 10 nitrogen and oxygen atoms in total. The number of rotatable bonds is 9. The lowest BCUT2D eigenvalue weighted by molar-refractivity contribution is -0.320. The first-order valence-electron chi connectivity index (χ1n) is 9.45. The third-order valence-corrected chi connectivity index (χ3v) is 4.83. The van der Waals surface area contributed by atoms with Crippen LogP contribution >= 0.6 is 0 Å². The number of aliphatic hydroxyl groups is 6. The van der Waals surface area contributed by atoms with Crippen molar-refractivity contribution in [2.45, 2.75) is 87.9 Å². The fourth-order valence-electron chi connectivity index (χ4n) is 3.04. The summed E-state index contributed by atoms with van der Waals surface area (Å²) >= 11 is 0. The molecule has 10 heteroatoms. The zero-order chi connectivity index (χ0) is 20.0. The average molecular weight is 396 g/mol. The molecule has 0 aromatic heterocycles. The van der Waals surface area contributed by atoms with Crippen molar-refractivity contribution >= 4 is 0 Å². The maximum Gasteiger partial charge on any atom is 0.186 e. The van der Waals surface area contributed by atoms with Gasteiger partial charge in [0.25, 0.3) is 0 Å². The molecule has 2 rings (SSSR count). The number of aliphatic hydroxyl groups excluding tert-OH is 6. The van der Waals surface area contributed by atoms with Crippen LogP contribution < -0.4 is 0 Å². The number of hydrogen-bond donors (Lipinski definition) is 6. The topological polar surface area (TPSA) is 158 Å². The second kappa shape index (κ2) is 11.0. The van der Waals surface area contributed by atoms with Crippen LogP contribution in [0.25, 0.3) is 0 Å². The molecule has 2 aliphatic rings. The standard InChI is InChI=1S/C17H32O10/c1-2-3-4-5-6-24-17-15(23)13(21)12(20)10(27-17)8-26-16-14(22)11(19)9(18)7-25-16/h9-23H,2-8H2,1H3/t9-,10+,11-,12+,13-,14+,15+,16-,17+/m0/s1. The van der Waals surface area contributed by atoms with Crippen LogP contribution in [0.3, 0.4) is 0 Å². The second-order valence-corrected chi connectivity index (χ2v) is 7.03. The van der Waals surface area contributed by atoms with E-state index < -0.39 is 55.3 Å². The highest BCUT2D eigenvalue weighted by Crippen LogP contribution is 2.24. The Morgan fingerprint density at radius 3 is 2.19 bits per heavy atom. The number of ether oxygens (including phenoxy) is 4. The van der Waals surface area contributed by atoms with E-state index in [0.29, 0.717) is 6.61 Å². The molecule has 0 unspecified atom stereocenters. The van der Waals surface area contributed by atoms with Crippen molar-refractivity contribution in [3.8, 4) is 0 Å². The van der Waals surface area contributed by atoms with Crippen molar-refractivity contribution in [2.24, 2.45) is 0 Å². The molecule has 0 aromatic carbocycles. The minimum absolute atomic E-state index is 0.220. The minimum atomic E-state index is -1.49. The Labute approximate surface area is 158 Å². The minimum Gasteiger partial charge on any atom is -0.388 e. The third-order valence-electron chi connectivity index (χ3n) is 4.83. The molecule has 2 aliphatic heterocycles. The predicted molar refractivity (Wildman–Crippen MR) is 90.5 cm³/mol. The molecule has 160 valence electrons. The highest BCUT2D eigenvalue weighted by atomic mass is 16.7. The number of unbranched alkanes of at least 4 members (excludes halogenated alkanes) is 3. The van der Waals surface area contributed by atoms with Crippen LogP contribution in [0.2, 0.25) is 0 Å². The van der Waals surface area contributed by atoms with E-state index in [1.807, 2.05) is 0 Å². The lowest BCUT2D eigenvalue weighted by Gasteiger charge is -2.41. The fourth-order valence-corrected chi connectivity index (χ4v) is 3.04. The molecule has 0 aromatic rings. The first-order chi connectivity index (χ1) is 12.9. The van der Waals surface area contributed by atoms with Gasteiger partial charge in [-0.3, -0.25) is 0 Å². The molecule has 2 heterocycles. The first-order valence-corrected chi connectivity index (χ1v) is 9.45. The SMILES string of the molecule is CCCCCCO[C@@H]1O[C@H](CO[C@@H]2OC[C@H](O)[C@H](O)[C@H]2O)[C@@H](O)[C@H](O)[C@H]1O. The molecule has 0 radical (unpaired) electrons. The largest absolute Gasteiger partial charge is 0.388 e. The Bertz CT molecular complexity index is 425. The lowest BCUT2D eigenvalue weighted by Crippen LogP contribution is -2.60. The second-order valence-electron chi connectivity index (χ2n) is 7.03. The van der Waals surface area contributed by atoms with Gasteiger partial charge in [0.15, 0.2) is 12.6 Å². The molecular formula is C17H32O10. The number of hydrogen-bond acceptors (Lipinski definition) is 10. The molecule has 6 N–H and O–H groups in total. The molecule has 27 heavy (non-hydrogen) atoms. The van der Waals surface area contributed by atoms with Crippen LogP contribution in [-0.2, 0) is 18.9 Å². The lowest BCUT2D eigenvalue weighted by atomic mass is 9.99. The quantitative estimate of drug-likeness (QED) is 0.237. The molecule has 0 spiro atoms. The molecule has 2 saturated heterocycles. The first kappa shape index (κ1) is 22.9. The third kappa shape index (κ3) is 6.04. The Morgan fingerprint density at radius 2 is 1.48 bits per heavy atom. The summed E-state index contributed by atoms with van der Waals surface area (Å²) in [5.41, 5.74) is 0. The van der Waals surface area contributed by atoms with Gasteiger partial charge in [0.2, 0.25) is 0 Å². The zero-order valence-electron chi connectivity index (χ0n) is 15.5. The van der Waals surface area contributed by atoms with Crippen molar-refractivity contribution in [1.82, 2.24) is 0 Å². The Balaban J connectivity index is 1.83. The molecule has 0 aliphatic carbocycles. The summed E-state index contributed by atoms with van der Waals surface area (Å²) in [6, 6.07) is 0. The molecule has 9 atom stereocenters. The Morgan fingerprint density at radius 1 is 0.778 bits per heavy atom. The maximum absolute atomic E-state index is 10.1. The van der Waals surface area contributed by atoms with Crippen molar-refractivity contribution in [2.75, 3.05) is 19.8 Å². The van der Waals surface area contributed by atoms with Crippen LogP contribution in [0.4, 0.5) is 0 Å². The van der Waals surface area contributed by atoms with Crippen molar-refractivity contribution in [3.63, 3.8) is 0 Å². The van der Waals surface area contributed by atoms with Crippen LogP contribution in [0.5, 0.6) is 0 Å². The normalized spacial score (nSPS) is 43.0. The molecule has 0 amide bonds. The smallest absolute Gasteiger partial charge is 0.186 e. The van der Waals surface area contributed by atoms with Crippen LogP contribution in [-0.4, -0.2) is 106 Å². The molecule has 2 fully saturated rings. The average Bonchev–Trinajstić information content (AvgIpc) is 2.66. The zero-order valence-corrected chi connectivity index (χ0v) is 15.5. The van der Waals surface area contributed by atoms with E-state index in [4.69, 9.17) is 18.9 Å². The van der Waals surface area contributed by atoms with Crippen LogP contribution in [0.15, 0.2) is 0 Å². The van der Waals surface area contributed by atoms with E-state index in [-0.39, 0.29) is 13.2 Å². The highest BCUT2D eigenvalue weighted by Gasteiger charge is 2.45. The monoisotopic (exact) mass is 396 g/mol. The molecule has 0 saturated carbocycles. The van der Waals surface area contributed by atoms with E-state index in [1.165, 1.54) is 0 Å². The maximum atomic E-state index is 10.1. The summed E-state index contributed by atoms with van der Waals surface area (Å²) in [6.45, 7) is 1.92. The van der Waals surface area contributed by atoms with Gasteiger partial charge in [-0.1, -0.05) is 26.2 Å². The van der Waals surface area contributed by atoms with Crippen molar-refractivity contribution in [1.29, 1.82) is 0 Å². The van der Waals surface area contributed by atoms with E-state index in [2.05, 4.69) is 6.92 Å². The van der Waals surface area contributed by atoms with Gasteiger partial charge in [-0.15, -0.1) is 0 Å². The van der Waals surface area contributed by atoms with E-state index in [1.54, 1.807) is 0 Å². The van der Waals surface area contributed by atoms with Gasteiger partial charge in [-0.25, -0.2) is 0 Å².